The van der Waals surface area contributed by atoms with E-state index in [-0.39, 0.29) is 11.8 Å². The zero-order valence-corrected chi connectivity index (χ0v) is 14.9. The van der Waals surface area contributed by atoms with Crippen molar-refractivity contribution in [1.82, 2.24) is 10.3 Å². The van der Waals surface area contributed by atoms with Crippen molar-refractivity contribution in [1.29, 1.82) is 0 Å². The lowest BCUT2D eigenvalue weighted by Gasteiger charge is -2.37. The van der Waals surface area contributed by atoms with Crippen molar-refractivity contribution < 1.29 is 9.59 Å². The Morgan fingerprint density at radius 3 is 2.17 bits per heavy atom. The molecule has 0 aromatic heterocycles. The summed E-state index contributed by atoms with van der Waals surface area (Å²) >= 11 is 0. The molecule has 1 fully saturated rings. The topological polar surface area (TPSA) is 78.7 Å². The fourth-order valence-electron chi connectivity index (χ4n) is 3.48. The maximum absolute atomic E-state index is 12.2. The van der Waals surface area contributed by atoms with E-state index < -0.39 is 0 Å². The van der Waals surface area contributed by atoms with E-state index in [1.54, 1.807) is 0 Å². The number of hydrogen-bond acceptors (Lipinski definition) is 4. The first-order valence-electron chi connectivity index (χ1n) is 8.52. The number of hydrogen-bond donors (Lipinski definition) is 2. The molecule has 0 radical (unpaired) electrons. The second-order valence-electron chi connectivity index (χ2n) is 6.54. The summed E-state index contributed by atoms with van der Waals surface area (Å²) in [4.78, 5) is 27.6. The lowest BCUT2D eigenvalue weighted by atomic mass is 10.0. The zero-order valence-electron chi connectivity index (χ0n) is 14.9. The molecule has 24 heavy (non-hydrogen) atoms. The van der Waals surface area contributed by atoms with Gasteiger partial charge >= 0.3 is 0 Å². The minimum absolute atomic E-state index is 0.122. The second-order valence-corrected chi connectivity index (χ2v) is 6.54. The van der Waals surface area contributed by atoms with Crippen LogP contribution in [0.1, 0.15) is 36.0 Å². The minimum Gasteiger partial charge on any atom is -0.368 e. The van der Waals surface area contributed by atoms with Gasteiger partial charge in [0, 0.05) is 44.7 Å². The highest BCUT2D eigenvalue weighted by molar-refractivity contribution is 5.79. The Balaban J connectivity index is 1.87. The highest BCUT2D eigenvalue weighted by Crippen LogP contribution is 2.27. The Kier molecular flexibility index (Phi) is 6.20. The van der Waals surface area contributed by atoms with E-state index in [1.165, 1.54) is 22.4 Å². The number of piperazine rings is 1. The molecule has 1 aliphatic heterocycles. The van der Waals surface area contributed by atoms with Crippen LogP contribution in [0.4, 0.5) is 5.69 Å². The molecule has 2 rings (SSSR count). The van der Waals surface area contributed by atoms with Crippen molar-refractivity contribution in [2.45, 2.75) is 40.0 Å². The highest BCUT2D eigenvalue weighted by atomic mass is 16.2. The van der Waals surface area contributed by atoms with Crippen molar-refractivity contribution in [3.63, 3.8) is 0 Å². The Morgan fingerprint density at radius 2 is 1.62 bits per heavy atom. The number of nitrogens with zero attached hydrogens (tertiary/aromatic N) is 2. The molecule has 132 valence electrons. The summed E-state index contributed by atoms with van der Waals surface area (Å²) in [5.74, 6) is 4.93. The molecular formula is C18H28N4O2. The van der Waals surface area contributed by atoms with Crippen molar-refractivity contribution in [3.8, 4) is 0 Å². The quantitative estimate of drug-likeness (QED) is 0.486. The van der Waals surface area contributed by atoms with Crippen LogP contribution in [0.25, 0.3) is 0 Å². The van der Waals surface area contributed by atoms with Gasteiger partial charge in [0.05, 0.1) is 0 Å². The van der Waals surface area contributed by atoms with Gasteiger partial charge in [-0.2, -0.15) is 0 Å². The van der Waals surface area contributed by atoms with Gasteiger partial charge in [0.15, 0.2) is 0 Å². The van der Waals surface area contributed by atoms with Gasteiger partial charge in [0.2, 0.25) is 11.8 Å². The van der Waals surface area contributed by atoms with E-state index in [4.69, 9.17) is 5.84 Å². The summed E-state index contributed by atoms with van der Waals surface area (Å²) in [6, 6.07) is 4.42. The van der Waals surface area contributed by atoms with E-state index in [9.17, 15) is 9.59 Å². The fourth-order valence-corrected chi connectivity index (χ4v) is 3.48. The minimum atomic E-state index is -0.224. The van der Waals surface area contributed by atoms with Gasteiger partial charge in [-0.15, -0.1) is 0 Å². The van der Waals surface area contributed by atoms with Crippen LogP contribution in [-0.2, 0) is 9.59 Å². The number of hydrazine groups is 1. The molecule has 6 heteroatoms. The number of aryl methyl sites for hydroxylation is 3. The summed E-state index contributed by atoms with van der Waals surface area (Å²) in [5.41, 5.74) is 7.25. The van der Waals surface area contributed by atoms with Gasteiger partial charge < -0.3 is 9.80 Å². The van der Waals surface area contributed by atoms with E-state index in [1.807, 2.05) is 4.90 Å². The van der Waals surface area contributed by atoms with Gasteiger partial charge in [-0.25, -0.2) is 5.84 Å². The zero-order chi connectivity index (χ0) is 17.7. The number of anilines is 1. The van der Waals surface area contributed by atoms with Crippen molar-refractivity contribution in [3.05, 3.63) is 28.8 Å². The van der Waals surface area contributed by atoms with Crippen molar-refractivity contribution in [2.24, 2.45) is 5.84 Å². The number of carbonyl (C=O) groups excluding carboxylic acids is 2. The number of carbonyl (C=O) groups is 2. The maximum Gasteiger partial charge on any atom is 0.233 e. The number of benzene rings is 1. The second kappa shape index (κ2) is 8.15. The van der Waals surface area contributed by atoms with Gasteiger partial charge in [-0.05, 0) is 38.3 Å². The molecule has 1 heterocycles. The Morgan fingerprint density at radius 1 is 1.04 bits per heavy atom. The highest BCUT2D eigenvalue weighted by Gasteiger charge is 2.22. The van der Waals surface area contributed by atoms with Gasteiger partial charge in [0.25, 0.3) is 0 Å². The van der Waals surface area contributed by atoms with Crippen LogP contribution >= 0.6 is 0 Å². The molecule has 1 saturated heterocycles. The lowest BCUT2D eigenvalue weighted by Crippen LogP contribution is -2.49. The van der Waals surface area contributed by atoms with Gasteiger partial charge in [0.1, 0.15) is 0 Å². The molecule has 0 spiro atoms. The van der Waals surface area contributed by atoms with Crippen LogP contribution in [0.2, 0.25) is 0 Å². The smallest absolute Gasteiger partial charge is 0.233 e. The summed E-state index contributed by atoms with van der Waals surface area (Å²) in [6.45, 7) is 9.57. The molecule has 0 unspecified atom stereocenters. The van der Waals surface area contributed by atoms with Crippen LogP contribution < -0.4 is 16.2 Å². The molecule has 1 aromatic rings. The number of nitrogens with one attached hydrogen (secondary N) is 1. The number of rotatable bonds is 5. The molecule has 0 saturated carbocycles. The van der Waals surface area contributed by atoms with Crippen molar-refractivity contribution >= 4 is 17.5 Å². The molecular weight excluding hydrogens is 304 g/mol. The van der Waals surface area contributed by atoms with Crippen LogP contribution in [-0.4, -0.2) is 42.9 Å². The van der Waals surface area contributed by atoms with E-state index in [2.05, 4.69) is 43.2 Å². The average molecular weight is 332 g/mol. The molecule has 0 atom stereocenters. The fraction of sp³-hybridized carbons (Fsp3) is 0.556. The summed E-state index contributed by atoms with van der Waals surface area (Å²) in [7, 11) is 0. The largest absolute Gasteiger partial charge is 0.368 e. The predicted molar refractivity (Wildman–Crippen MR) is 95.6 cm³/mol. The third-order valence-electron chi connectivity index (χ3n) is 4.54. The van der Waals surface area contributed by atoms with Crippen LogP contribution in [0.5, 0.6) is 0 Å². The van der Waals surface area contributed by atoms with Gasteiger partial charge in [-0.1, -0.05) is 17.7 Å². The van der Waals surface area contributed by atoms with E-state index in [0.29, 0.717) is 19.3 Å². The summed E-state index contributed by atoms with van der Waals surface area (Å²) < 4.78 is 0. The third kappa shape index (κ3) is 4.47. The van der Waals surface area contributed by atoms with Crippen molar-refractivity contribution in [2.75, 3.05) is 31.1 Å². The molecule has 1 aliphatic rings. The van der Waals surface area contributed by atoms with E-state index >= 15 is 0 Å². The monoisotopic (exact) mass is 332 g/mol. The normalized spacial score (nSPS) is 14.7. The molecule has 3 N–H and O–H groups in total. The number of amides is 2. The maximum atomic E-state index is 12.2. The standard InChI is InChI=1S/C18H28N4O2/c1-13-11-14(2)18(15(3)12-13)22-9-7-21(8-10-22)17(24)6-4-5-16(23)20-19/h11-12H,4-10,19H2,1-3H3,(H,20,23). The lowest BCUT2D eigenvalue weighted by molar-refractivity contribution is -0.131. The molecule has 0 aliphatic carbocycles. The Bertz CT molecular complexity index is 584. The van der Waals surface area contributed by atoms with Crippen LogP contribution in [0.3, 0.4) is 0 Å². The molecule has 1 aromatic carbocycles. The van der Waals surface area contributed by atoms with Crippen LogP contribution in [0, 0.1) is 20.8 Å². The summed E-state index contributed by atoms with van der Waals surface area (Å²) in [5, 5.41) is 0. The molecule has 0 bridgehead atoms. The molecule has 2 amide bonds. The van der Waals surface area contributed by atoms with E-state index in [0.717, 1.165) is 26.2 Å². The SMILES string of the molecule is Cc1cc(C)c(N2CCN(C(=O)CCCC(=O)NN)CC2)c(C)c1. The first kappa shape index (κ1) is 18.3. The third-order valence-corrected chi connectivity index (χ3v) is 4.54. The summed E-state index contributed by atoms with van der Waals surface area (Å²) in [6.07, 6.45) is 1.23. The predicted octanol–water partition coefficient (Wildman–Crippen LogP) is 1.42. The average Bonchev–Trinajstić information content (AvgIpc) is 2.54. The number of nitrogens with two attached hydrogens (primary N) is 1. The first-order chi connectivity index (χ1) is 11.4. The molecule has 6 nitrogen and oxygen atoms in total. The van der Waals surface area contributed by atoms with Crippen LogP contribution in [0.15, 0.2) is 12.1 Å². The Labute approximate surface area is 144 Å². The first-order valence-corrected chi connectivity index (χ1v) is 8.52. The van der Waals surface area contributed by atoms with Gasteiger partial charge in [-0.3, -0.25) is 15.0 Å². The Hall–Kier alpha value is -2.08.